The van der Waals surface area contributed by atoms with Crippen LogP contribution in [0.25, 0.3) is 33.4 Å². The highest BCUT2D eigenvalue weighted by atomic mass is 15.2. The van der Waals surface area contributed by atoms with E-state index in [1.807, 2.05) is 36.4 Å². The van der Waals surface area contributed by atoms with Gasteiger partial charge < -0.3 is 10.2 Å². The predicted molar refractivity (Wildman–Crippen MR) is 255 cm³/mol. The molecule has 9 aromatic rings. The number of rotatable bonds is 6. The molecule has 62 heavy (non-hydrogen) atoms. The molecule has 4 nitrogen and oxygen atoms in total. The number of benzene rings is 9. The number of nitrogens with one attached hydrogen (secondary N) is 1. The summed E-state index contributed by atoms with van der Waals surface area (Å²) in [5.41, 5.74) is 18.5. The molecule has 9 aromatic carbocycles. The first kappa shape index (κ1) is 35.8. The normalized spacial score (nSPS) is 15.4. The minimum Gasteiger partial charge on any atom is -0.324 e. The summed E-state index contributed by atoms with van der Waals surface area (Å²) in [5, 5.41) is 3.62. The van der Waals surface area contributed by atoms with Crippen molar-refractivity contribution < 1.29 is 0 Å². The second-order valence-electron chi connectivity index (χ2n) is 16.1. The minimum atomic E-state index is -0.507. The standard InChI is InChI=1S/C58H40N4/c1-4-18-41(19-5-1)55-59-56(42-20-6-2-7-21-42)61-57(60-55)48-26-11-10-24-45(48)40-34-32-39(33-35-40)43-36-37-47-46-25-12-13-27-49(46)58(52(47)38-43)50-28-14-16-30-53(50)62(44-22-8-3-9-23-44)54-31-17-15-29-51(54)58/h1-38,55H,(H,59,60,61). The van der Waals surface area contributed by atoms with Crippen molar-refractivity contribution in [2.24, 2.45) is 9.98 Å². The van der Waals surface area contributed by atoms with Gasteiger partial charge in [-0.1, -0.05) is 200 Å². The smallest absolute Gasteiger partial charge is 0.169 e. The van der Waals surface area contributed by atoms with E-state index < -0.39 is 5.41 Å². The average molecular weight is 793 g/mol. The van der Waals surface area contributed by atoms with Crippen molar-refractivity contribution in [3.05, 3.63) is 269 Å². The molecule has 292 valence electrons. The summed E-state index contributed by atoms with van der Waals surface area (Å²) in [5.74, 6) is 1.61. The zero-order chi connectivity index (χ0) is 41.0. The van der Waals surface area contributed by atoms with Gasteiger partial charge in [-0.05, 0) is 91.5 Å². The van der Waals surface area contributed by atoms with E-state index in [0.29, 0.717) is 0 Å². The van der Waals surface area contributed by atoms with Gasteiger partial charge in [0.25, 0.3) is 0 Å². The van der Waals surface area contributed by atoms with Crippen molar-refractivity contribution in [3.63, 3.8) is 0 Å². The fourth-order valence-electron chi connectivity index (χ4n) is 10.0. The number of hydrogen-bond acceptors (Lipinski definition) is 4. The number of hydrogen-bond donors (Lipinski definition) is 1. The van der Waals surface area contributed by atoms with Crippen molar-refractivity contribution in [2.45, 2.75) is 11.6 Å². The largest absolute Gasteiger partial charge is 0.324 e. The van der Waals surface area contributed by atoms with Crippen LogP contribution in [0.15, 0.2) is 241 Å². The van der Waals surface area contributed by atoms with E-state index in [1.165, 1.54) is 55.9 Å². The fourth-order valence-corrected chi connectivity index (χ4v) is 10.0. The van der Waals surface area contributed by atoms with E-state index in [2.05, 4.69) is 204 Å². The van der Waals surface area contributed by atoms with Gasteiger partial charge in [0.05, 0.1) is 16.8 Å². The molecule has 0 saturated heterocycles. The first-order valence-electron chi connectivity index (χ1n) is 21.3. The second kappa shape index (κ2) is 14.6. The fraction of sp³-hybridized carbons (Fsp3) is 0.0345. The van der Waals surface area contributed by atoms with E-state index in [1.54, 1.807) is 0 Å². The van der Waals surface area contributed by atoms with Gasteiger partial charge in [0, 0.05) is 16.8 Å². The molecule has 12 rings (SSSR count). The Bertz CT molecular complexity index is 3160. The van der Waals surface area contributed by atoms with Crippen LogP contribution in [0.2, 0.25) is 0 Å². The van der Waals surface area contributed by atoms with Crippen molar-refractivity contribution in [1.82, 2.24) is 5.32 Å². The summed E-state index contributed by atoms with van der Waals surface area (Å²) in [6, 6.07) is 83.0. The molecule has 2 aliphatic heterocycles. The van der Waals surface area contributed by atoms with Gasteiger partial charge in [0.15, 0.2) is 6.17 Å². The van der Waals surface area contributed by atoms with Crippen LogP contribution >= 0.6 is 0 Å². The third kappa shape index (κ3) is 5.61. The summed E-state index contributed by atoms with van der Waals surface area (Å²) in [7, 11) is 0. The van der Waals surface area contributed by atoms with Crippen LogP contribution in [0, 0.1) is 0 Å². The van der Waals surface area contributed by atoms with Crippen molar-refractivity contribution in [1.29, 1.82) is 0 Å². The molecule has 1 N–H and O–H groups in total. The lowest BCUT2D eigenvalue weighted by Crippen LogP contribution is -2.36. The molecular weight excluding hydrogens is 753 g/mol. The Labute approximate surface area is 361 Å². The first-order chi connectivity index (χ1) is 30.8. The maximum atomic E-state index is 5.21. The Kier molecular flexibility index (Phi) is 8.42. The van der Waals surface area contributed by atoms with Crippen LogP contribution in [0.1, 0.15) is 45.1 Å². The lowest BCUT2D eigenvalue weighted by molar-refractivity contribution is 0.753. The van der Waals surface area contributed by atoms with E-state index in [9.17, 15) is 0 Å². The second-order valence-corrected chi connectivity index (χ2v) is 16.1. The summed E-state index contributed by atoms with van der Waals surface area (Å²) in [4.78, 5) is 12.7. The third-order valence-corrected chi connectivity index (χ3v) is 12.8. The van der Waals surface area contributed by atoms with Gasteiger partial charge in [-0.15, -0.1) is 0 Å². The van der Waals surface area contributed by atoms with Crippen molar-refractivity contribution in [2.75, 3.05) is 4.90 Å². The van der Waals surface area contributed by atoms with Crippen molar-refractivity contribution >= 4 is 28.7 Å². The van der Waals surface area contributed by atoms with Gasteiger partial charge in [0.2, 0.25) is 0 Å². The molecule has 0 radical (unpaired) electrons. The Morgan fingerprint density at radius 1 is 0.355 bits per heavy atom. The monoisotopic (exact) mass is 792 g/mol. The third-order valence-electron chi connectivity index (χ3n) is 12.8. The van der Waals surface area contributed by atoms with E-state index >= 15 is 0 Å². The topological polar surface area (TPSA) is 40.0 Å². The maximum Gasteiger partial charge on any atom is 0.169 e. The van der Waals surface area contributed by atoms with Gasteiger partial charge in [-0.3, -0.25) is 0 Å². The molecule has 1 atom stereocenters. The zero-order valence-corrected chi connectivity index (χ0v) is 33.9. The van der Waals surface area contributed by atoms with E-state index in [0.717, 1.165) is 45.2 Å². The van der Waals surface area contributed by atoms with Crippen LogP contribution in [0.3, 0.4) is 0 Å². The molecule has 3 aliphatic rings. The molecule has 0 aromatic heterocycles. The van der Waals surface area contributed by atoms with Gasteiger partial charge in [-0.2, -0.15) is 0 Å². The zero-order valence-electron chi connectivity index (χ0n) is 33.9. The van der Waals surface area contributed by atoms with Crippen LogP contribution in [-0.4, -0.2) is 11.7 Å². The lowest BCUT2D eigenvalue weighted by Gasteiger charge is -2.45. The number of fused-ring (bicyclic) bond motifs is 9. The first-order valence-corrected chi connectivity index (χ1v) is 21.3. The maximum absolute atomic E-state index is 5.21. The summed E-state index contributed by atoms with van der Waals surface area (Å²) in [6.45, 7) is 0. The van der Waals surface area contributed by atoms with Gasteiger partial charge in [0.1, 0.15) is 11.7 Å². The van der Waals surface area contributed by atoms with Crippen LogP contribution < -0.4 is 10.2 Å². The molecule has 4 heteroatoms. The number of nitrogens with zero attached hydrogens (tertiary/aromatic N) is 3. The molecule has 1 unspecified atom stereocenters. The highest BCUT2D eigenvalue weighted by Gasteiger charge is 2.51. The number of para-hydroxylation sites is 3. The van der Waals surface area contributed by atoms with Crippen LogP contribution in [0.4, 0.5) is 17.1 Å². The van der Waals surface area contributed by atoms with Crippen LogP contribution in [-0.2, 0) is 5.41 Å². The molecule has 0 amide bonds. The molecule has 1 aliphatic carbocycles. The molecular formula is C58H40N4. The predicted octanol–water partition coefficient (Wildman–Crippen LogP) is 13.7. The van der Waals surface area contributed by atoms with Crippen molar-refractivity contribution in [3.8, 4) is 33.4 Å². The molecule has 0 saturated carbocycles. The Morgan fingerprint density at radius 2 is 0.855 bits per heavy atom. The van der Waals surface area contributed by atoms with E-state index in [-0.39, 0.29) is 6.17 Å². The highest BCUT2D eigenvalue weighted by molar-refractivity contribution is 6.18. The number of amidine groups is 2. The Balaban J connectivity index is 0.962. The quantitative estimate of drug-likeness (QED) is 0.182. The van der Waals surface area contributed by atoms with E-state index in [4.69, 9.17) is 9.98 Å². The summed E-state index contributed by atoms with van der Waals surface area (Å²) in [6.07, 6.45) is -0.364. The molecule has 0 fully saturated rings. The Morgan fingerprint density at radius 3 is 1.55 bits per heavy atom. The van der Waals surface area contributed by atoms with Crippen LogP contribution in [0.5, 0.6) is 0 Å². The summed E-state index contributed by atoms with van der Waals surface area (Å²) < 4.78 is 0. The lowest BCUT2D eigenvalue weighted by atomic mass is 9.64. The average Bonchev–Trinajstić information content (AvgIpc) is 3.65. The van der Waals surface area contributed by atoms with Gasteiger partial charge >= 0.3 is 0 Å². The Hall–Kier alpha value is -8.08. The minimum absolute atomic E-state index is 0.364. The SMILES string of the molecule is c1ccc(C2=NC(c3ccccc3)N=C(c3ccccc3-c3ccc(-c4ccc5c(c4)C4(c6ccccc6-5)c5ccccc5N(c5ccccc5)c5ccccc54)cc3)N2)cc1. The molecule has 1 spiro atoms. The van der Waals surface area contributed by atoms with Gasteiger partial charge in [-0.25, -0.2) is 9.98 Å². The number of anilines is 3. The highest BCUT2D eigenvalue weighted by Crippen LogP contribution is 2.63. The summed E-state index contributed by atoms with van der Waals surface area (Å²) >= 11 is 0. The molecule has 0 bridgehead atoms. The molecule has 2 heterocycles. The number of aliphatic imine (C=N–C) groups is 2.